The third kappa shape index (κ3) is 1.24. The predicted molar refractivity (Wildman–Crippen MR) is 55.1 cm³/mol. The van der Waals surface area contributed by atoms with Gasteiger partial charge in [0.05, 0.1) is 16.6 Å². The van der Waals surface area contributed by atoms with Crippen molar-refractivity contribution in [3.05, 3.63) is 23.9 Å². The first-order valence-corrected chi connectivity index (χ1v) is 4.57. The number of hydrogen-bond donors (Lipinski definition) is 2. The van der Waals surface area contributed by atoms with Gasteiger partial charge in [0.25, 0.3) is 0 Å². The second-order valence-electron chi connectivity index (χ2n) is 3.28. The fourth-order valence-corrected chi connectivity index (χ4v) is 1.71. The molecule has 14 heavy (non-hydrogen) atoms. The van der Waals surface area contributed by atoms with Gasteiger partial charge in [-0.25, -0.2) is 0 Å². The number of phenols is 1. The maximum Gasteiger partial charge on any atom is 0.126 e. The average molecular weight is 191 g/mol. The fourth-order valence-electron chi connectivity index (χ4n) is 1.71. The van der Waals surface area contributed by atoms with Crippen LogP contribution in [0.2, 0.25) is 0 Å². The number of aromatic nitrogens is 2. The predicted octanol–water partition coefficient (Wildman–Crippen LogP) is 0.780. The molecule has 0 saturated carbocycles. The molecule has 4 heteroatoms. The molecule has 74 valence electrons. The van der Waals surface area contributed by atoms with Crippen LogP contribution in [-0.2, 0) is 13.5 Å². The Morgan fingerprint density at radius 3 is 3.00 bits per heavy atom. The van der Waals surface area contributed by atoms with Crippen LogP contribution in [0.15, 0.2) is 18.2 Å². The number of fused-ring (bicyclic) bond motifs is 1. The first-order valence-electron chi connectivity index (χ1n) is 4.57. The van der Waals surface area contributed by atoms with Crippen LogP contribution >= 0.6 is 0 Å². The van der Waals surface area contributed by atoms with Crippen molar-refractivity contribution in [1.29, 1.82) is 0 Å². The summed E-state index contributed by atoms with van der Waals surface area (Å²) >= 11 is 0. The highest BCUT2D eigenvalue weighted by Crippen LogP contribution is 2.27. The summed E-state index contributed by atoms with van der Waals surface area (Å²) in [6.07, 6.45) is 0.727. The maximum absolute atomic E-state index is 9.70. The largest absolute Gasteiger partial charge is 0.507 e. The first-order chi connectivity index (χ1) is 6.74. The van der Waals surface area contributed by atoms with Crippen LogP contribution in [0.4, 0.5) is 0 Å². The van der Waals surface area contributed by atoms with Gasteiger partial charge in [0.1, 0.15) is 5.75 Å². The van der Waals surface area contributed by atoms with Gasteiger partial charge in [-0.2, -0.15) is 5.10 Å². The summed E-state index contributed by atoms with van der Waals surface area (Å²) in [5, 5.41) is 14.8. The van der Waals surface area contributed by atoms with Gasteiger partial charge >= 0.3 is 0 Å². The van der Waals surface area contributed by atoms with Crippen molar-refractivity contribution in [3.63, 3.8) is 0 Å². The van der Waals surface area contributed by atoms with Crippen molar-refractivity contribution in [2.24, 2.45) is 12.8 Å². The van der Waals surface area contributed by atoms with E-state index in [1.165, 1.54) is 0 Å². The van der Waals surface area contributed by atoms with Gasteiger partial charge in [-0.3, -0.25) is 4.68 Å². The zero-order valence-electron chi connectivity index (χ0n) is 8.07. The highest BCUT2D eigenvalue weighted by molar-refractivity contribution is 5.87. The van der Waals surface area contributed by atoms with E-state index >= 15 is 0 Å². The highest BCUT2D eigenvalue weighted by Gasteiger charge is 2.10. The molecule has 0 amide bonds. The van der Waals surface area contributed by atoms with Gasteiger partial charge < -0.3 is 10.8 Å². The Labute approximate surface area is 81.9 Å². The Bertz CT molecular complexity index is 462. The van der Waals surface area contributed by atoms with Crippen molar-refractivity contribution < 1.29 is 5.11 Å². The second kappa shape index (κ2) is 3.31. The monoisotopic (exact) mass is 191 g/mol. The molecule has 0 spiro atoms. The van der Waals surface area contributed by atoms with Crippen molar-refractivity contribution in [2.75, 3.05) is 6.54 Å². The molecule has 0 aliphatic heterocycles. The maximum atomic E-state index is 9.70. The van der Waals surface area contributed by atoms with Gasteiger partial charge in [-0.15, -0.1) is 0 Å². The summed E-state index contributed by atoms with van der Waals surface area (Å²) in [6, 6.07) is 5.34. The average Bonchev–Trinajstić information content (AvgIpc) is 2.45. The number of rotatable bonds is 2. The van der Waals surface area contributed by atoms with E-state index in [1.54, 1.807) is 16.8 Å². The van der Waals surface area contributed by atoms with Crippen LogP contribution in [0.3, 0.4) is 0 Å². The molecule has 2 aromatic rings. The number of nitrogens with two attached hydrogens (primary N) is 1. The number of aryl methyl sites for hydroxylation is 1. The summed E-state index contributed by atoms with van der Waals surface area (Å²) in [6.45, 7) is 0.558. The quantitative estimate of drug-likeness (QED) is 0.737. The van der Waals surface area contributed by atoms with Gasteiger partial charge in [0, 0.05) is 13.5 Å². The normalized spacial score (nSPS) is 11.0. The molecule has 0 saturated heterocycles. The lowest BCUT2D eigenvalue weighted by molar-refractivity contribution is 0.481. The number of benzene rings is 1. The van der Waals surface area contributed by atoms with E-state index in [0.717, 1.165) is 23.0 Å². The molecule has 3 N–H and O–H groups in total. The number of aromatic hydroxyl groups is 1. The first kappa shape index (κ1) is 9.02. The van der Waals surface area contributed by atoms with Gasteiger partial charge in [-0.1, -0.05) is 6.07 Å². The van der Waals surface area contributed by atoms with E-state index in [2.05, 4.69) is 5.10 Å². The topological polar surface area (TPSA) is 64.1 Å². The van der Waals surface area contributed by atoms with Crippen molar-refractivity contribution >= 4 is 10.9 Å². The highest BCUT2D eigenvalue weighted by atomic mass is 16.3. The summed E-state index contributed by atoms with van der Waals surface area (Å²) in [4.78, 5) is 0. The van der Waals surface area contributed by atoms with E-state index in [1.807, 2.05) is 13.1 Å². The molecular weight excluding hydrogens is 178 g/mol. The standard InChI is InChI=1S/C10H13N3O/c1-13-8(5-6-11)10-7(12-13)3-2-4-9(10)14/h2-4,14H,5-6,11H2,1H3. The minimum Gasteiger partial charge on any atom is -0.507 e. The van der Waals surface area contributed by atoms with Gasteiger partial charge in [0.2, 0.25) is 0 Å². The number of hydrogen-bond acceptors (Lipinski definition) is 3. The lowest BCUT2D eigenvalue weighted by Crippen LogP contribution is -2.07. The van der Waals surface area contributed by atoms with Crippen molar-refractivity contribution in [1.82, 2.24) is 9.78 Å². The second-order valence-corrected chi connectivity index (χ2v) is 3.28. The molecule has 0 bridgehead atoms. The zero-order chi connectivity index (χ0) is 10.1. The summed E-state index contributed by atoms with van der Waals surface area (Å²) < 4.78 is 1.78. The minimum atomic E-state index is 0.277. The van der Waals surface area contributed by atoms with E-state index in [9.17, 15) is 5.11 Å². The molecule has 1 aromatic heterocycles. The summed E-state index contributed by atoms with van der Waals surface area (Å²) in [5.74, 6) is 0.277. The van der Waals surface area contributed by atoms with Crippen molar-refractivity contribution in [2.45, 2.75) is 6.42 Å². The van der Waals surface area contributed by atoms with Crippen LogP contribution in [0.5, 0.6) is 5.75 Å². The number of phenolic OH excluding ortho intramolecular Hbond substituents is 1. The molecule has 2 rings (SSSR count). The lowest BCUT2D eigenvalue weighted by atomic mass is 10.1. The molecular formula is C10H13N3O. The smallest absolute Gasteiger partial charge is 0.126 e. The molecule has 0 fully saturated rings. The Morgan fingerprint density at radius 2 is 2.29 bits per heavy atom. The molecule has 4 nitrogen and oxygen atoms in total. The number of nitrogens with zero attached hydrogens (tertiary/aromatic N) is 2. The summed E-state index contributed by atoms with van der Waals surface area (Å²) in [5.41, 5.74) is 7.31. The van der Waals surface area contributed by atoms with Crippen LogP contribution in [0, 0.1) is 0 Å². The van der Waals surface area contributed by atoms with E-state index in [-0.39, 0.29) is 5.75 Å². The third-order valence-corrected chi connectivity index (χ3v) is 2.34. The Kier molecular flexibility index (Phi) is 2.13. The molecule has 1 aromatic carbocycles. The van der Waals surface area contributed by atoms with Crippen LogP contribution in [0.1, 0.15) is 5.69 Å². The van der Waals surface area contributed by atoms with E-state index < -0.39 is 0 Å². The fraction of sp³-hybridized carbons (Fsp3) is 0.300. The Balaban J connectivity index is 2.73. The molecule has 1 heterocycles. The lowest BCUT2D eigenvalue weighted by Gasteiger charge is -2.00. The van der Waals surface area contributed by atoms with Gasteiger partial charge in [0.15, 0.2) is 0 Å². The molecule has 0 unspecified atom stereocenters. The summed E-state index contributed by atoms with van der Waals surface area (Å²) in [7, 11) is 1.87. The zero-order valence-corrected chi connectivity index (χ0v) is 8.07. The Hall–Kier alpha value is -1.55. The van der Waals surface area contributed by atoms with E-state index in [4.69, 9.17) is 5.73 Å². The SMILES string of the molecule is Cn1nc2cccc(O)c2c1CCN. The molecule has 0 aliphatic rings. The van der Waals surface area contributed by atoms with E-state index in [0.29, 0.717) is 6.54 Å². The van der Waals surface area contributed by atoms with Crippen molar-refractivity contribution in [3.8, 4) is 5.75 Å². The van der Waals surface area contributed by atoms with Crippen LogP contribution in [-0.4, -0.2) is 21.4 Å². The Morgan fingerprint density at radius 1 is 1.50 bits per heavy atom. The molecule has 0 radical (unpaired) electrons. The minimum absolute atomic E-state index is 0.277. The molecule has 0 atom stereocenters. The third-order valence-electron chi connectivity index (χ3n) is 2.34. The van der Waals surface area contributed by atoms with Crippen LogP contribution in [0.25, 0.3) is 10.9 Å². The van der Waals surface area contributed by atoms with Crippen LogP contribution < -0.4 is 5.73 Å². The molecule has 0 aliphatic carbocycles. The van der Waals surface area contributed by atoms with Gasteiger partial charge in [-0.05, 0) is 18.7 Å².